The van der Waals surface area contributed by atoms with Crippen LogP contribution in [0.4, 0.5) is 5.13 Å². The van der Waals surface area contributed by atoms with Crippen LogP contribution in [0.15, 0.2) is 72.2 Å². The van der Waals surface area contributed by atoms with Crippen molar-refractivity contribution in [2.75, 3.05) is 25.5 Å². The zero-order valence-electron chi connectivity index (χ0n) is 20.9. The first-order valence-electron chi connectivity index (χ1n) is 11.7. The lowest BCUT2D eigenvalue weighted by Crippen LogP contribution is -2.33. The molecular weight excluding hydrogens is 486 g/mol. The van der Waals surface area contributed by atoms with Crippen LogP contribution >= 0.6 is 11.3 Å². The van der Waals surface area contributed by atoms with E-state index in [1.165, 1.54) is 11.3 Å². The standard InChI is InChI=1S/C28H29N5O3S/c1-28(2,17-29)22-9-5-8-21(13-22)26(35)31-15-24(34)33-27-32-23(16-37-27)20-7-4-6-18(12-20)19-10-11-30-25(14-19)36-3/h4-14,16H,15,17,29H2,1-3H3,(H,31,35)(H,32,33,34). The third-order valence-corrected chi connectivity index (χ3v) is 6.77. The molecule has 0 saturated carbocycles. The lowest BCUT2D eigenvalue weighted by atomic mass is 9.84. The largest absolute Gasteiger partial charge is 0.481 e. The van der Waals surface area contributed by atoms with Crippen LogP contribution in [0.3, 0.4) is 0 Å². The number of hydrogen-bond donors (Lipinski definition) is 3. The van der Waals surface area contributed by atoms with Crippen LogP contribution in [-0.4, -0.2) is 42.0 Å². The number of amides is 2. The average Bonchev–Trinajstić information content (AvgIpc) is 3.40. The predicted molar refractivity (Wildman–Crippen MR) is 147 cm³/mol. The van der Waals surface area contributed by atoms with Crippen molar-refractivity contribution in [2.45, 2.75) is 19.3 Å². The number of pyridine rings is 1. The van der Waals surface area contributed by atoms with Gasteiger partial charge >= 0.3 is 0 Å². The zero-order valence-corrected chi connectivity index (χ0v) is 21.8. The summed E-state index contributed by atoms with van der Waals surface area (Å²) in [7, 11) is 1.58. The van der Waals surface area contributed by atoms with E-state index in [-0.39, 0.29) is 23.8 Å². The van der Waals surface area contributed by atoms with Gasteiger partial charge in [0.25, 0.3) is 5.91 Å². The summed E-state index contributed by atoms with van der Waals surface area (Å²) in [5, 5.41) is 7.76. The van der Waals surface area contributed by atoms with E-state index < -0.39 is 0 Å². The summed E-state index contributed by atoms with van der Waals surface area (Å²) in [4.78, 5) is 33.8. The number of methoxy groups -OCH3 is 1. The van der Waals surface area contributed by atoms with Gasteiger partial charge in [0.15, 0.2) is 5.13 Å². The third kappa shape index (κ3) is 6.38. The van der Waals surface area contributed by atoms with Crippen molar-refractivity contribution in [1.82, 2.24) is 15.3 Å². The number of nitrogens with one attached hydrogen (secondary N) is 2. The lowest BCUT2D eigenvalue weighted by Gasteiger charge is -2.23. The number of hydrogen-bond acceptors (Lipinski definition) is 7. The smallest absolute Gasteiger partial charge is 0.251 e. The van der Waals surface area contributed by atoms with Crippen LogP contribution in [-0.2, 0) is 10.2 Å². The van der Waals surface area contributed by atoms with Gasteiger partial charge in [0.05, 0.1) is 19.3 Å². The highest BCUT2D eigenvalue weighted by atomic mass is 32.1. The summed E-state index contributed by atoms with van der Waals surface area (Å²) < 4.78 is 5.22. The molecule has 4 rings (SSSR count). The Morgan fingerprint density at radius 3 is 2.57 bits per heavy atom. The van der Waals surface area contributed by atoms with E-state index in [0.717, 1.165) is 27.9 Å². The molecule has 0 unspecified atom stereocenters. The number of ether oxygens (including phenoxy) is 1. The fraction of sp³-hybridized carbons (Fsp3) is 0.214. The molecule has 4 N–H and O–H groups in total. The van der Waals surface area contributed by atoms with Gasteiger partial charge in [-0.3, -0.25) is 9.59 Å². The Hall–Kier alpha value is -4.08. The molecule has 37 heavy (non-hydrogen) atoms. The fourth-order valence-electron chi connectivity index (χ4n) is 3.65. The molecule has 2 amide bonds. The molecule has 4 aromatic rings. The van der Waals surface area contributed by atoms with E-state index in [4.69, 9.17) is 10.5 Å². The van der Waals surface area contributed by atoms with Gasteiger partial charge in [-0.05, 0) is 41.0 Å². The Balaban J connectivity index is 1.38. The van der Waals surface area contributed by atoms with Crippen molar-refractivity contribution >= 4 is 28.3 Å². The molecule has 0 aliphatic heterocycles. The Kier molecular flexibility index (Phi) is 7.95. The predicted octanol–water partition coefficient (Wildman–Crippen LogP) is 4.49. The van der Waals surface area contributed by atoms with Gasteiger partial charge in [0, 0.05) is 40.7 Å². The minimum absolute atomic E-state index is 0.169. The second-order valence-electron chi connectivity index (χ2n) is 9.11. The van der Waals surface area contributed by atoms with Crippen molar-refractivity contribution in [3.8, 4) is 28.3 Å². The fourth-order valence-corrected chi connectivity index (χ4v) is 4.38. The molecule has 0 radical (unpaired) electrons. The zero-order chi connectivity index (χ0) is 26.4. The van der Waals surface area contributed by atoms with E-state index in [1.54, 1.807) is 19.4 Å². The highest BCUT2D eigenvalue weighted by molar-refractivity contribution is 7.14. The molecule has 0 atom stereocenters. The number of nitrogens with two attached hydrogens (primary N) is 1. The maximum Gasteiger partial charge on any atom is 0.251 e. The number of anilines is 1. The van der Waals surface area contributed by atoms with Gasteiger partial charge in [-0.1, -0.05) is 44.2 Å². The Morgan fingerprint density at radius 2 is 1.78 bits per heavy atom. The van der Waals surface area contributed by atoms with E-state index >= 15 is 0 Å². The average molecular weight is 516 g/mol. The summed E-state index contributed by atoms with van der Waals surface area (Å²) in [5.74, 6) is -0.139. The molecule has 8 nitrogen and oxygen atoms in total. The summed E-state index contributed by atoms with van der Waals surface area (Å²) in [5.41, 5.74) is 10.7. The summed E-state index contributed by atoms with van der Waals surface area (Å²) >= 11 is 1.32. The minimum Gasteiger partial charge on any atom is -0.481 e. The lowest BCUT2D eigenvalue weighted by molar-refractivity contribution is -0.115. The third-order valence-electron chi connectivity index (χ3n) is 6.01. The van der Waals surface area contributed by atoms with Crippen molar-refractivity contribution in [1.29, 1.82) is 0 Å². The molecule has 9 heteroatoms. The second kappa shape index (κ2) is 11.3. The van der Waals surface area contributed by atoms with Gasteiger partial charge in [-0.25, -0.2) is 9.97 Å². The van der Waals surface area contributed by atoms with Crippen LogP contribution in [0.25, 0.3) is 22.4 Å². The molecule has 0 bridgehead atoms. The van der Waals surface area contributed by atoms with E-state index in [1.807, 2.05) is 73.8 Å². The first-order chi connectivity index (χ1) is 17.8. The summed E-state index contributed by atoms with van der Waals surface area (Å²) in [6.07, 6.45) is 1.70. The van der Waals surface area contributed by atoms with Crippen LogP contribution in [0, 0.1) is 0 Å². The Morgan fingerprint density at radius 1 is 1.03 bits per heavy atom. The van der Waals surface area contributed by atoms with Crippen molar-refractivity contribution in [3.05, 3.63) is 83.4 Å². The van der Waals surface area contributed by atoms with Gasteiger partial charge in [0.1, 0.15) is 0 Å². The van der Waals surface area contributed by atoms with Gasteiger partial charge in [-0.15, -0.1) is 11.3 Å². The van der Waals surface area contributed by atoms with Crippen LogP contribution < -0.4 is 21.1 Å². The number of thiazole rings is 1. The molecule has 0 saturated heterocycles. The molecule has 190 valence electrons. The van der Waals surface area contributed by atoms with Gasteiger partial charge in [-0.2, -0.15) is 0 Å². The summed E-state index contributed by atoms with van der Waals surface area (Å²) in [6, 6.07) is 19.0. The number of benzene rings is 2. The number of carbonyl (C=O) groups excluding carboxylic acids is 2. The van der Waals surface area contributed by atoms with E-state index in [9.17, 15) is 9.59 Å². The molecule has 2 heterocycles. The molecule has 2 aromatic carbocycles. The summed E-state index contributed by atoms with van der Waals surface area (Å²) in [6.45, 7) is 4.33. The van der Waals surface area contributed by atoms with Crippen LogP contribution in [0.5, 0.6) is 5.88 Å². The highest BCUT2D eigenvalue weighted by Gasteiger charge is 2.20. The van der Waals surface area contributed by atoms with Crippen molar-refractivity contribution < 1.29 is 14.3 Å². The topological polar surface area (TPSA) is 119 Å². The van der Waals surface area contributed by atoms with Crippen molar-refractivity contribution in [2.24, 2.45) is 5.73 Å². The maximum absolute atomic E-state index is 12.6. The number of aromatic nitrogens is 2. The van der Waals surface area contributed by atoms with Crippen LogP contribution in [0.2, 0.25) is 0 Å². The minimum atomic E-state index is -0.356. The first kappa shape index (κ1) is 26.0. The van der Waals surface area contributed by atoms with E-state index in [2.05, 4.69) is 20.6 Å². The number of carbonyl (C=O) groups is 2. The molecular formula is C28H29N5O3S. The monoisotopic (exact) mass is 515 g/mol. The maximum atomic E-state index is 12.6. The van der Waals surface area contributed by atoms with E-state index in [0.29, 0.717) is 23.1 Å². The molecule has 0 aliphatic rings. The Bertz CT molecular complexity index is 1420. The number of nitrogens with zero attached hydrogens (tertiary/aromatic N) is 2. The quantitative estimate of drug-likeness (QED) is 0.302. The van der Waals surface area contributed by atoms with Gasteiger partial charge < -0.3 is 21.1 Å². The number of rotatable bonds is 9. The molecule has 0 aliphatic carbocycles. The molecule has 0 fully saturated rings. The molecule has 0 spiro atoms. The first-order valence-corrected chi connectivity index (χ1v) is 12.6. The SMILES string of the molecule is COc1cc(-c2cccc(-c3csc(NC(=O)CNC(=O)c4cccc(C(C)(C)CN)c4)n3)c2)ccn1. The van der Waals surface area contributed by atoms with Gasteiger partial charge in [0.2, 0.25) is 11.8 Å². The van der Waals surface area contributed by atoms with Crippen LogP contribution in [0.1, 0.15) is 29.8 Å². The normalized spacial score (nSPS) is 11.1. The Labute approximate surface area is 219 Å². The van der Waals surface area contributed by atoms with Crippen molar-refractivity contribution in [3.63, 3.8) is 0 Å². The highest BCUT2D eigenvalue weighted by Crippen LogP contribution is 2.29. The molecule has 2 aromatic heterocycles. The second-order valence-corrected chi connectivity index (χ2v) is 9.96.